The molecule has 0 amide bonds. The first-order valence-electron chi connectivity index (χ1n) is 7.77. The highest BCUT2D eigenvalue weighted by molar-refractivity contribution is 5.64. The standard InChI is InChI=1S/C18H20N4O2/c1-24-16-7-4-5-14(11-16)17-12-18(22(21-17)9-10-23)20-13-15-6-2-3-8-19-15/h2-8,11-12,20,23H,9-10,13H2,1H3. The average molecular weight is 324 g/mol. The molecule has 0 atom stereocenters. The predicted octanol–water partition coefficient (Wildman–Crippen LogP) is 2.56. The lowest BCUT2D eigenvalue weighted by molar-refractivity contribution is 0.270. The number of hydrogen-bond acceptors (Lipinski definition) is 5. The largest absolute Gasteiger partial charge is 0.497 e. The molecule has 6 nitrogen and oxygen atoms in total. The third-order valence-electron chi connectivity index (χ3n) is 3.63. The van der Waals surface area contributed by atoms with Crippen LogP contribution in [0, 0.1) is 0 Å². The molecule has 0 spiro atoms. The molecule has 0 radical (unpaired) electrons. The van der Waals surface area contributed by atoms with Crippen molar-refractivity contribution in [2.45, 2.75) is 13.1 Å². The van der Waals surface area contributed by atoms with Crippen molar-refractivity contribution in [3.8, 4) is 17.0 Å². The van der Waals surface area contributed by atoms with Crippen LogP contribution in [0.5, 0.6) is 5.75 Å². The lowest BCUT2D eigenvalue weighted by Crippen LogP contribution is -2.10. The Kier molecular flexibility index (Phi) is 5.08. The molecule has 2 aromatic heterocycles. The van der Waals surface area contributed by atoms with Crippen molar-refractivity contribution < 1.29 is 9.84 Å². The van der Waals surface area contributed by atoms with Gasteiger partial charge in [0.1, 0.15) is 11.6 Å². The molecule has 0 bridgehead atoms. The smallest absolute Gasteiger partial charge is 0.125 e. The molecular weight excluding hydrogens is 304 g/mol. The van der Waals surface area contributed by atoms with Crippen LogP contribution in [0.1, 0.15) is 5.69 Å². The molecular formula is C18H20N4O2. The van der Waals surface area contributed by atoms with Crippen LogP contribution < -0.4 is 10.1 Å². The summed E-state index contributed by atoms with van der Waals surface area (Å²) < 4.78 is 7.03. The van der Waals surface area contributed by atoms with Gasteiger partial charge in [0, 0.05) is 17.8 Å². The molecule has 124 valence electrons. The molecule has 2 N–H and O–H groups in total. The lowest BCUT2D eigenvalue weighted by Gasteiger charge is -2.07. The molecule has 0 aliphatic heterocycles. The zero-order valence-electron chi connectivity index (χ0n) is 13.5. The van der Waals surface area contributed by atoms with Crippen molar-refractivity contribution in [3.05, 3.63) is 60.4 Å². The quantitative estimate of drug-likeness (QED) is 0.699. The van der Waals surface area contributed by atoms with E-state index in [9.17, 15) is 5.11 Å². The van der Waals surface area contributed by atoms with Crippen LogP contribution in [-0.4, -0.2) is 33.6 Å². The second-order valence-corrected chi connectivity index (χ2v) is 5.27. The number of aliphatic hydroxyl groups is 1. The molecule has 24 heavy (non-hydrogen) atoms. The maximum absolute atomic E-state index is 9.27. The maximum Gasteiger partial charge on any atom is 0.125 e. The van der Waals surface area contributed by atoms with Crippen LogP contribution in [0.15, 0.2) is 54.7 Å². The minimum absolute atomic E-state index is 0.0253. The summed E-state index contributed by atoms with van der Waals surface area (Å²) in [5.41, 5.74) is 2.73. The number of methoxy groups -OCH3 is 1. The van der Waals surface area contributed by atoms with E-state index < -0.39 is 0 Å². The number of ether oxygens (including phenoxy) is 1. The van der Waals surface area contributed by atoms with Crippen LogP contribution in [0.2, 0.25) is 0 Å². The number of benzene rings is 1. The molecule has 3 rings (SSSR count). The number of pyridine rings is 1. The number of aromatic nitrogens is 3. The van der Waals surface area contributed by atoms with E-state index in [4.69, 9.17) is 4.74 Å². The highest BCUT2D eigenvalue weighted by atomic mass is 16.5. The van der Waals surface area contributed by atoms with E-state index in [-0.39, 0.29) is 6.61 Å². The molecule has 3 aromatic rings. The monoisotopic (exact) mass is 324 g/mol. The first kappa shape index (κ1) is 16.0. The third kappa shape index (κ3) is 3.72. The van der Waals surface area contributed by atoms with Gasteiger partial charge in [-0.1, -0.05) is 18.2 Å². The summed E-state index contributed by atoms with van der Waals surface area (Å²) in [6, 6.07) is 15.5. The summed E-state index contributed by atoms with van der Waals surface area (Å²) in [7, 11) is 1.64. The number of anilines is 1. The Bertz CT molecular complexity index is 787. The van der Waals surface area contributed by atoms with Gasteiger partial charge >= 0.3 is 0 Å². The first-order chi connectivity index (χ1) is 11.8. The van der Waals surface area contributed by atoms with Crippen molar-refractivity contribution in [2.75, 3.05) is 19.0 Å². The van der Waals surface area contributed by atoms with Gasteiger partial charge in [-0.2, -0.15) is 5.10 Å². The molecule has 0 aliphatic carbocycles. The van der Waals surface area contributed by atoms with Crippen LogP contribution in [-0.2, 0) is 13.1 Å². The fraction of sp³-hybridized carbons (Fsp3) is 0.222. The Morgan fingerprint density at radius 2 is 2.08 bits per heavy atom. The minimum Gasteiger partial charge on any atom is -0.497 e. The van der Waals surface area contributed by atoms with Crippen molar-refractivity contribution in [1.82, 2.24) is 14.8 Å². The highest BCUT2D eigenvalue weighted by Gasteiger charge is 2.10. The zero-order chi connectivity index (χ0) is 16.8. The molecule has 0 saturated heterocycles. The lowest BCUT2D eigenvalue weighted by atomic mass is 10.1. The Morgan fingerprint density at radius 3 is 2.83 bits per heavy atom. The maximum atomic E-state index is 9.27. The van der Waals surface area contributed by atoms with E-state index in [0.717, 1.165) is 28.5 Å². The van der Waals surface area contributed by atoms with Crippen LogP contribution in [0.25, 0.3) is 11.3 Å². The van der Waals surface area contributed by atoms with Gasteiger partial charge in [-0.05, 0) is 24.3 Å². The second kappa shape index (κ2) is 7.61. The number of aliphatic hydroxyl groups excluding tert-OH is 1. The molecule has 1 aromatic carbocycles. The topological polar surface area (TPSA) is 72.2 Å². The Hall–Kier alpha value is -2.86. The highest BCUT2D eigenvalue weighted by Crippen LogP contribution is 2.25. The van der Waals surface area contributed by atoms with Crippen molar-refractivity contribution in [3.63, 3.8) is 0 Å². The predicted molar refractivity (Wildman–Crippen MR) is 92.9 cm³/mol. The van der Waals surface area contributed by atoms with Crippen LogP contribution >= 0.6 is 0 Å². The van der Waals surface area contributed by atoms with E-state index in [0.29, 0.717) is 13.1 Å². The second-order valence-electron chi connectivity index (χ2n) is 5.27. The van der Waals surface area contributed by atoms with Gasteiger partial charge in [0.05, 0.1) is 38.2 Å². The fourth-order valence-electron chi connectivity index (χ4n) is 2.43. The van der Waals surface area contributed by atoms with Gasteiger partial charge in [0.15, 0.2) is 0 Å². The molecule has 0 aliphatic rings. The molecule has 2 heterocycles. The fourth-order valence-corrected chi connectivity index (χ4v) is 2.43. The minimum atomic E-state index is 0.0253. The number of nitrogens with zero attached hydrogens (tertiary/aromatic N) is 3. The molecule has 6 heteroatoms. The van der Waals surface area contributed by atoms with Gasteiger partial charge in [-0.15, -0.1) is 0 Å². The van der Waals surface area contributed by atoms with Gasteiger partial charge < -0.3 is 15.2 Å². The average Bonchev–Trinajstić information content (AvgIpc) is 3.04. The van der Waals surface area contributed by atoms with Gasteiger partial charge in [0.25, 0.3) is 0 Å². The first-order valence-corrected chi connectivity index (χ1v) is 7.77. The summed E-state index contributed by atoms with van der Waals surface area (Å²) in [6.07, 6.45) is 1.77. The number of hydrogen-bond donors (Lipinski definition) is 2. The molecule has 0 saturated carbocycles. The van der Waals surface area contributed by atoms with E-state index in [1.54, 1.807) is 18.0 Å². The third-order valence-corrected chi connectivity index (χ3v) is 3.63. The van der Waals surface area contributed by atoms with Crippen LogP contribution in [0.4, 0.5) is 5.82 Å². The summed E-state index contributed by atoms with van der Waals surface area (Å²) in [4.78, 5) is 4.30. The van der Waals surface area contributed by atoms with E-state index in [2.05, 4.69) is 15.4 Å². The van der Waals surface area contributed by atoms with Crippen LogP contribution in [0.3, 0.4) is 0 Å². The summed E-state index contributed by atoms with van der Waals surface area (Å²) in [5, 5.41) is 17.2. The Morgan fingerprint density at radius 1 is 1.17 bits per heavy atom. The molecule has 0 unspecified atom stereocenters. The summed E-state index contributed by atoms with van der Waals surface area (Å²) >= 11 is 0. The van der Waals surface area contributed by atoms with Gasteiger partial charge in [0.2, 0.25) is 0 Å². The van der Waals surface area contributed by atoms with Crippen molar-refractivity contribution >= 4 is 5.82 Å². The normalized spacial score (nSPS) is 10.6. The summed E-state index contributed by atoms with van der Waals surface area (Å²) in [5.74, 6) is 1.62. The number of rotatable bonds is 7. The van der Waals surface area contributed by atoms with Crippen molar-refractivity contribution in [2.24, 2.45) is 0 Å². The van der Waals surface area contributed by atoms with Crippen molar-refractivity contribution in [1.29, 1.82) is 0 Å². The Balaban J connectivity index is 1.84. The SMILES string of the molecule is COc1cccc(-c2cc(NCc3ccccn3)n(CCO)n2)c1. The van der Waals surface area contributed by atoms with E-state index >= 15 is 0 Å². The van der Waals surface area contributed by atoms with Gasteiger partial charge in [-0.25, -0.2) is 4.68 Å². The zero-order valence-corrected chi connectivity index (χ0v) is 13.5. The van der Waals surface area contributed by atoms with E-state index in [1.807, 2.05) is 48.5 Å². The van der Waals surface area contributed by atoms with Gasteiger partial charge in [-0.3, -0.25) is 4.98 Å². The molecule has 0 fully saturated rings. The number of nitrogens with one attached hydrogen (secondary N) is 1. The Labute approximate surface area is 140 Å². The van der Waals surface area contributed by atoms with E-state index in [1.165, 1.54) is 0 Å². The summed E-state index contributed by atoms with van der Waals surface area (Å²) in [6.45, 7) is 1.04.